The average molecular weight is 370 g/mol. The van der Waals surface area contributed by atoms with Gasteiger partial charge in [0.1, 0.15) is 18.2 Å². The minimum Gasteiger partial charge on any atom is -0.491 e. The molecular formula is C20H26N4O3. The number of amides is 2. The normalized spacial score (nSPS) is 14.0. The van der Waals surface area contributed by atoms with Crippen LogP contribution in [0.3, 0.4) is 0 Å². The Balaban J connectivity index is 1.60. The molecule has 2 amide bonds. The highest BCUT2D eigenvalue weighted by molar-refractivity contribution is 5.75. The van der Waals surface area contributed by atoms with Crippen molar-refractivity contribution < 1.29 is 9.53 Å². The lowest BCUT2D eigenvalue weighted by atomic mass is 10.1. The monoisotopic (exact) mass is 370 g/mol. The summed E-state index contributed by atoms with van der Waals surface area (Å²) in [5.74, 6) is 1.51. The van der Waals surface area contributed by atoms with Crippen molar-refractivity contribution in [1.29, 1.82) is 0 Å². The standard InChI is InChI=1S/C20H26N4O3/c1-12-7-6-8-13(2)18(12)27-11-14(3)21-20(26)24-9-16-17(10-24)22-15(4)23(5)19(16)25/h6-8,14H,9-11H2,1-5H3,(H,21,26)/t14-/m0/s1. The molecular weight excluding hydrogens is 344 g/mol. The third-order valence-electron chi connectivity index (χ3n) is 4.93. The van der Waals surface area contributed by atoms with Gasteiger partial charge in [0.15, 0.2) is 0 Å². The molecule has 27 heavy (non-hydrogen) atoms. The molecule has 1 aliphatic rings. The highest BCUT2D eigenvalue weighted by Crippen LogP contribution is 2.22. The third-order valence-corrected chi connectivity index (χ3v) is 4.93. The van der Waals surface area contributed by atoms with Crippen molar-refractivity contribution in [3.63, 3.8) is 0 Å². The molecule has 3 rings (SSSR count). The Kier molecular flexibility index (Phi) is 5.21. The largest absolute Gasteiger partial charge is 0.491 e. The predicted octanol–water partition coefficient (Wildman–Crippen LogP) is 2.20. The van der Waals surface area contributed by atoms with Crippen molar-refractivity contribution in [2.45, 2.75) is 46.8 Å². The molecule has 1 aliphatic heterocycles. The zero-order valence-corrected chi connectivity index (χ0v) is 16.5. The van der Waals surface area contributed by atoms with E-state index in [2.05, 4.69) is 10.3 Å². The highest BCUT2D eigenvalue weighted by Gasteiger charge is 2.28. The number of rotatable bonds is 4. The summed E-state index contributed by atoms with van der Waals surface area (Å²) in [6.07, 6.45) is 0. The Morgan fingerprint density at radius 1 is 1.26 bits per heavy atom. The molecule has 1 atom stereocenters. The van der Waals surface area contributed by atoms with Gasteiger partial charge >= 0.3 is 6.03 Å². The molecule has 1 aromatic heterocycles. The van der Waals surface area contributed by atoms with E-state index in [1.54, 1.807) is 18.9 Å². The molecule has 0 bridgehead atoms. The number of nitrogens with one attached hydrogen (secondary N) is 1. The number of aryl methyl sites for hydroxylation is 3. The lowest BCUT2D eigenvalue weighted by molar-refractivity contribution is 0.187. The average Bonchev–Trinajstić information content (AvgIpc) is 3.03. The summed E-state index contributed by atoms with van der Waals surface area (Å²) in [6, 6.07) is 5.61. The van der Waals surface area contributed by atoms with Crippen LogP contribution in [0.1, 0.15) is 35.1 Å². The van der Waals surface area contributed by atoms with Gasteiger partial charge in [-0.1, -0.05) is 18.2 Å². The van der Waals surface area contributed by atoms with Gasteiger partial charge in [-0.3, -0.25) is 9.36 Å². The van der Waals surface area contributed by atoms with Crippen molar-refractivity contribution in [1.82, 2.24) is 19.8 Å². The number of hydrogen-bond donors (Lipinski definition) is 1. The fraction of sp³-hybridized carbons (Fsp3) is 0.450. The Labute approximate surface area is 159 Å². The number of aromatic nitrogens is 2. The molecule has 2 aromatic rings. The number of benzene rings is 1. The van der Waals surface area contributed by atoms with Crippen LogP contribution in [-0.2, 0) is 20.1 Å². The molecule has 0 fully saturated rings. The van der Waals surface area contributed by atoms with E-state index in [0.717, 1.165) is 16.9 Å². The second kappa shape index (κ2) is 7.42. The Morgan fingerprint density at radius 2 is 1.93 bits per heavy atom. The first-order valence-corrected chi connectivity index (χ1v) is 9.07. The zero-order chi connectivity index (χ0) is 19.7. The molecule has 0 radical (unpaired) electrons. The van der Waals surface area contributed by atoms with Gasteiger partial charge in [0.05, 0.1) is 30.4 Å². The van der Waals surface area contributed by atoms with Crippen LogP contribution in [0.25, 0.3) is 0 Å². The highest BCUT2D eigenvalue weighted by atomic mass is 16.5. The van der Waals surface area contributed by atoms with Gasteiger partial charge in [0.2, 0.25) is 0 Å². The Morgan fingerprint density at radius 3 is 2.59 bits per heavy atom. The van der Waals surface area contributed by atoms with E-state index in [1.807, 2.05) is 39.0 Å². The number of hydrogen-bond acceptors (Lipinski definition) is 4. The molecule has 0 saturated carbocycles. The van der Waals surface area contributed by atoms with Crippen LogP contribution in [0.15, 0.2) is 23.0 Å². The van der Waals surface area contributed by atoms with E-state index in [1.165, 1.54) is 4.57 Å². The molecule has 7 nitrogen and oxygen atoms in total. The van der Waals surface area contributed by atoms with Crippen LogP contribution >= 0.6 is 0 Å². The fourth-order valence-electron chi connectivity index (χ4n) is 3.25. The molecule has 2 heterocycles. The smallest absolute Gasteiger partial charge is 0.318 e. The van der Waals surface area contributed by atoms with Crippen LogP contribution in [0, 0.1) is 20.8 Å². The van der Waals surface area contributed by atoms with Crippen molar-refractivity contribution in [2.24, 2.45) is 7.05 Å². The number of nitrogens with zero attached hydrogens (tertiary/aromatic N) is 3. The predicted molar refractivity (Wildman–Crippen MR) is 103 cm³/mol. The van der Waals surface area contributed by atoms with Crippen LogP contribution in [0.5, 0.6) is 5.75 Å². The van der Waals surface area contributed by atoms with E-state index >= 15 is 0 Å². The number of ether oxygens (including phenoxy) is 1. The number of urea groups is 1. The van der Waals surface area contributed by atoms with Crippen molar-refractivity contribution in [3.05, 3.63) is 56.8 Å². The summed E-state index contributed by atoms with van der Waals surface area (Å²) in [5, 5.41) is 2.94. The minimum absolute atomic E-state index is 0.0841. The number of carbonyl (C=O) groups excluding carboxylic acids is 1. The first-order chi connectivity index (χ1) is 12.8. The molecule has 0 aliphatic carbocycles. The van der Waals surface area contributed by atoms with Gasteiger partial charge in [-0.05, 0) is 38.8 Å². The van der Waals surface area contributed by atoms with Gasteiger partial charge in [0.25, 0.3) is 5.56 Å². The number of carbonyl (C=O) groups is 1. The molecule has 1 N–H and O–H groups in total. The Bertz CT molecular complexity index is 915. The third kappa shape index (κ3) is 3.82. The summed E-state index contributed by atoms with van der Waals surface area (Å²) in [7, 11) is 1.70. The van der Waals surface area contributed by atoms with Crippen molar-refractivity contribution in [3.8, 4) is 5.75 Å². The van der Waals surface area contributed by atoms with Gasteiger partial charge in [0, 0.05) is 7.05 Å². The van der Waals surface area contributed by atoms with Crippen LogP contribution in [0.2, 0.25) is 0 Å². The zero-order valence-electron chi connectivity index (χ0n) is 16.5. The van der Waals surface area contributed by atoms with Crippen LogP contribution < -0.4 is 15.6 Å². The maximum Gasteiger partial charge on any atom is 0.318 e. The molecule has 0 saturated heterocycles. The summed E-state index contributed by atoms with van der Waals surface area (Å²) in [6.45, 7) is 8.70. The first kappa shape index (κ1) is 18.9. The number of para-hydroxylation sites is 1. The first-order valence-electron chi connectivity index (χ1n) is 9.07. The van der Waals surface area contributed by atoms with Crippen LogP contribution in [0.4, 0.5) is 4.79 Å². The van der Waals surface area contributed by atoms with Gasteiger partial charge in [-0.2, -0.15) is 0 Å². The summed E-state index contributed by atoms with van der Waals surface area (Å²) < 4.78 is 7.42. The minimum atomic E-state index is -0.217. The topological polar surface area (TPSA) is 76.5 Å². The fourth-order valence-corrected chi connectivity index (χ4v) is 3.25. The van der Waals surface area contributed by atoms with Crippen LogP contribution in [-0.4, -0.2) is 33.1 Å². The molecule has 144 valence electrons. The quantitative estimate of drug-likeness (QED) is 0.895. The van der Waals surface area contributed by atoms with E-state index in [-0.39, 0.29) is 24.2 Å². The second-order valence-corrected chi connectivity index (χ2v) is 7.19. The summed E-state index contributed by atoms with van der Waals surface area (Å²) in [5.41, 5.74) is 3.34. The van der Waals surface area contributed by atoms with E-state index in [4.69, 9.17) is 4.74 Å². The molecule has 7 heteroatoms. The SMILES string of the molecule is Cc1cccc(C)c1OC[C@H](C)NC(=O)N1Cc2nc(C)n(C)c(=O)c2C1. The maximum atomic E-state index is 12.6. The maximum absolute atomic E-state index is 12.6. The van der Waals surface area contributed by atoms with Gasteiger partial charge in [-0.15, -0.1) is 0 Å². The molecule has 0 unspecified atom stereocenters. The van der Waals surface area contributed by atoms with Gasteiger partial charge in [-0.25, -0.2) is 9.78 Å². The van der Waals surface area contributed by atoms with Crippen molar-refractivity contribution >= 4 is 6.03 Å². The van der Waals surface area contributed by atoms with Gasteiger partial charge < -0.3 is 15.0 Å². The van der Waals surface area contributed by atoms with Crippen molar-refractivity contribution in [2.75, 3.05) is 6.61 Å². The summed E-state index contributed by atoms with van der Waals surface area (Å²) >= 11 is 0. The van der Waals surface area contributed by atoms with E-state index in [0.29, 0.717) is 30.2 Å². The van der Waals surface area contributed by atoms with E-state index < -0.39 is 0 Å². The lowest BCUT2D eigenvalue weighted by Crippen LogP contribution is -2.43. The lowest BCUT2D eigenvalue weighted by Gasteiger charge is -2.21. The second-order valence-electron chi connectivity index (χ2n) is 7.19. The number of fused-ring (bicyclic) bond motifs is 1. The summed E-state index contributed by atoms with van der Waals surface area (Å²) in [4.78, 5) is 31.0. The van der Waals surface area contributed by atoms with E-state index in [9.17, 15) is 9.59 Å². The Hall–Kier alpha value is -2.83. The molecule has 1 aromatic carbocycles. The molecule has 0 spiro atoms.